The zero-order valence-electron chi connectivity index (χ0n) is 25.9. The minimum atomic E-state index is -3.89. The molecule has 0 fully saturated rings. The molecule has 8 nitrogen and oxygen atoms in total. The summed E-state index contributed by atoms with van der Waals surface area (Å²) in [5, 5.41) is 10.5. The first-order valence-electron chi connectivity index (χ1n) is 14.8. The summed E-state index contributed by atoms with van der Waals surface area (Å²) in [7, 11) is 0. The number of carboxylic acid groups (broad SMARTS) is 1. The molecule has 0 aromatic heterocycles. The maximum atomic E-state index is 15.6. The van der Waals surface area contributed by atoms with Gasteiger partial charge in [0.25, 0.3) is 5.91 Å². The lowest BCUT2D eigenvalue weighted by molar-refractivity contribution is -0.286. The fraction of sp³-hybridized carbons (Fsp3) is 0.412. The molecule has 1 amide bonds. The monoisotopic (exact) mass is 625 g/mol. The molecule has 3 aliphatic heterocycles. The van der Waals surface area contributed by atoms with Crippen molar-refractivity contribution >= 4 is 11.9 Å². The SMILES string of the molecule is Cc1c(-c2c(C)c3c(c(C)c2[C@H](OC(C)(C)C)C(=O)O)CN(C(=O)c2cccc4c2OC(F)(F)O4)C3)cc(F)c2c1CCCO2. The molecule has 0 saturated heterocycles. The number of para-hydroxylation sites is 1. The Bertz CT molecular complexity index is 1760. The number of fused-ring (bicyclic) bond motifs is 3. The van der Waals surface area contributed by atoms with Gasteiger partial charge in [-0.3, -0.25) is 4.79 Å². The lowest BCUT2D eigenvalue weighted by atomic mass is 9.81. The Labute approximate surface area is 258 Å². The Morgan fingerprint density at radius 2 is 1.69 bits per heavy atom. The first kappa shape index (κ1) is 30.8. The Kier molecular flexibility index (Phi) is 7.30. The van der Waals surface area contributed by atoms with Crippen molar-refractivity contribution in [2.45, 2.75) is 85.5 Å². The number of carbonyl (C=O) groups excluding carboxylic acids is 1. The summed E-state index contributed by atoms with van der Waals surface area (Å²) in [6.45, 7) is 11.4. The summed E-state index contributed by atoms with van der Waals surface area (Å²) in [5.41, 5.74) is 4.76. The molecular formula is C34H34F3NO7. The van der Waals surface area contributed by atoms with Crippen LogP contribution in [0.3, 0.4) is 0 Å². The van der Waals surface area contributed by atoms with Crippen LogP contribution in [0.4, 0.5) is 13.2 Å². The molecule has 3 aliphatic rings. The van der Waals surface area contributed by atoms with Crippen LogP contribution in [0.15, 0.2) is 24.3 Å². The fourth-order valence-corrected chi connectivity index (χ4v) is 6.65. The molecule has 11 heteroatoms. The van der Waals surface area contributed by atoms with E-state index in [1.165, 1.54) is 29.2 Å². The van der Waals surface area contributed by atoms with E-state index in [2.05, 4.69) is 9.47 Å². The van der Waals surface area contributed by atoms with Crippen molar-refractivity contribution in [3.63, 3.8) is 0 Å². The molecule has 0 saturated carbocycles. The molecule has 3 aromatic rings. The zero-order valence-corrected chi connectivity index (χ0v) is 25.9. The largest absolute Gasteiger partial charge is 0.586 e. The molecular weight excluding hydrogens is 591 g/mol. The summed E-state index contributed by atoms with van der Waals surface area (Å²) in [6.07, 6.45) is -3.97. The molecule has 45 heavy (non-hydrogen) atoms. The number of carboxylic acids is 1. The maximum absolute atomic E-state index is 15.6. The third kappa shape index (κ3) is 5.26. The maximum Gasteiger partial charge on any atom is 0.586 e. The van der Waals surface area contributed by atoms with Crippen LogP contribution in [0, 0.1) is 26.6 Å². The normalized spacial score (nSPS) is 17.0. The quantitative estimate of drug-likeness (QED) is 0.322. The average Bonchev–Trinajstić information content (AvgIpc) is 3.55. The number of alkyl halides is 2. The number of benzene rings is 3. The van der Waals surface area contributed by atoms with Crippen molar-refractivity contribution in [3.05, 3.63) is 74.6 Å². The summed E-state index contributed by atoms with van der Waals surface area (Å²) in [4.78, 5) is 28.1. The van der Waals surface area contributed by atoms with Crippen LogP contribution in [0.2, 0.25) is 0 Å². The fourth-order valence-electron chi connectivity index (χ4n) is 6.65. The van der Waals surface area contributed by atoms with Crippen LogP contribution >= 0.6 is 0 Å². The minimum absolute atomic E-state index is 0.0830. The topological polar surface area (TPSA) is 94.5 Å². The Morgan fingerprint density at radius 1 is 1.00 bits per heavy atom. The van der Waals surface area contributed by atoms with Crippen LogP contribution < -0.4 is 14.2 Å². The molecule has 3 heterocycles. The number of hydrogen-bond acceptors (Lipinski definition) is 6. The van der Waals surface area contributed by atoms with Gasteiger partial charge in [-0.25, -0.2) is 9.18 Å². The van der Waals surface area contributed by atoms with E-state index in [1.54, 1.807) is 27.7 Å². The highest BCUT2D eigenvalue weighted by Crippen LogP contribution is 2.48. The first-order chi connectivity index (χ1) is 21.1. The van der Waals surface area contributed by atoms with Crippen molar-refractivity contribution < 1.29 is 46.8 Å². The highest BCUT2D eigenvalue weighted by Gasteiger charge is 2.46. The van der Waals surface area contributed by atoms with Crippen molar-refractivity contribution in [1.82, 2.24) is 4.90 Å². The van der Waals surface area contributed by atoms with Gasteiger partial charge in [-0.05, 0) is 112 Å². The molecule has 0 aliphatic carbocycles. The van der Waals surface area contributed by atoms with Crippen molar-refractivity contribution in [2.75, 3.05) is 6.61 Å². The average molecular weight is 626 g/mol. The number of nitrogens with zero attached hydrogens (tertiary/aromatic N) is 1. The third-order valence-corrected chi connectivity index (χ3v) is 8.63. The van der Waals surface area contributed by atoms with Gasteiger partial charge in [0.1, 0.15) is 0 Å². The second-order valence-electron chi connectivity index (χ2n) is 12.7. The molecule has 1 N–H and O–H groups in total. The van der Waals surface area contributed by atoms with E-state index in [4.69, 9.17) is 9.47 Å². The first-order valence-corrected chi connectivity index (χ1v) is 14.8. The van der Waals surface area contributed by atoms with E-state index in [0.29, 0.717) is 40.8 Å². The van der Waals surface area contributed by atoms with Crippen LogP contribution in [0.1, 0.15) is 82.6 Å². The lowest BCUT2D eigenvalue weighted by Crippen LogP contribution is -2.29. The van der Waals surface area contributed by atoms with Gasteiger partial charge in [0.05, 0.1) is 17.8 Å². The van der Waals surface area contributed by atoms with Crippen molar-refractivity contribution in [3.8, 4) is 28.4 Å². The highest BCUT2D eigenvalue weighted by molar-refractivity contribution is 5.98. The number of aliphatic carboxylic acids is 1. The second-order valence-corrected chi connectivity index (χ2v) is 12.7. The standard InChI is InChI=1S/C34H34F3NO7/c1-16-19-10-8-12-42-28(19)24(35)13-21(16)26-17(2)22-14-38(31(39)20-9-7-11-25-29(20)45-34(36,37)43-25)15-23(22)18(3)27(26)30(32(40)41)44-33(4,5)6/h7,9,11,13,30H,8,10,12,14-15H2,1-6H3,(H,40,41)/t30-/m0/s1. The Hall–Kier alpha value is -4.25. The molecule has 1 atom stereocenters. The van der Waals surface area contributed by atoms with E-state index >= 15 is 4.39 Å². The van der Waals surface area contributed by atoms with E-state index in [9.17, 15) is 23.5 Å². The molecule has 0 spiro atoms. The van der Waals surface area contributed by atoms with Crippen LogP contribution in [-0.2, 0) is 29.0 Å². The zero-order chi connectivity index (χ0) is 32.6. The summed E-state index contributed by atoms with van der Waals surface area (Å²) in [6, 6.07) is 5.51. The van der Waals surface area contributed by atoms with Gasteiger partial charge in [0.15, 0.2) is 29.2 Å². The van der Waals surface area contributed by atoms with Gasteiger partial charge < -0.3 is 29.0 Å². The third-order valence-electron chi connectivity index (χ3n) is 8.63. The summed E-state index contributed by atoms with van der Waals surface area (Å²) < 4.78 is 64.4. The van der Waals surface area contributed by atoms with Gasteiger partial charge >= 0.3 is 12.3 Å². The predicted molar refractivity (Wildman–Crippen MR) is 157 cm³/mol. The van der Waals surface area contributed by atoms with E-state index in [0.717, 1.165) is 28.7 Å². The smallest absolute Gasteiger partial charge is 0.490 e. The number of amides is 1. The predicted octanol–water partition coefficient (Wildman–Crippen LogP) is 7.16. The van der Waals surface area contributed by atoms with E-state index < -0.39 is 35.7 Å². The van der Waals surface area contributed by atoms with Gasteiger partial charge in [0.2, 0.25) is 0 Å². The van der Waals surface area contributed by atoms with Gasteiger partial charge in [-0.15, -0.1) is 8.78 Å². The molecule has 238 valence electrons. The van der Waals surface area contributed by atoms with E-state index in [-0.39, 0.29) is 35.9 Å². The molecule has 0 unspecified atom stereocenters. The highest BCUT2D eigenvalue weighted by atomic mass is 19.3. The number of hydrogen-bond donors (Lipinski definition) is 1. The van der Waals surface area contributed by atoms with Crippen molar-refractivity contribution in [1.29, 1.82) is 0 Å². The molecule has 0 radical (unpaired) electrons. The lowest BCUT2D eigenvalue weighted by Gasteiger charge is -2.31. The van der Waals surface area contributed by atoms with Gasteiger partial charge in [-0.2, -0.15) is 0 Å². The molecule has 0 bridgehead atoms. The second kappa shape index (κ2) is 10.7. The van der Waals surface area contributed by atoms with Crippen LogP contribution in [-0.4, -0.2) is 40.4 Å². The van der Waals surface area contributed by atoms with Crippen molar-refractivity contribution in [2.24, 2.45) is 0 Å². The number of carbonyl (C=O) groups is 2. The van der Waals surface area contributed by atoms with Crippen LogP contribution in [0.5, 0.6) is 17.2 Å². The number of ether oxygens (including phenoxy) is 4. The van der Waals surface area contributed by atoms with Crippen LogP contribution in [0.25, 0.3) is 11.1 Å². The van der Waals surface area contributed by atoms with Gasteiger partial charge in [-0.1, -0.05) is 6.07 Å². The summed E-state index contributed by atoms with van der Waals surface area (Å²) in [5.74, 6) is -2.67. The molecule has 6 rings (SSSR count). The Balaban J connectivity index is 1.52. The minimum Gasteiger partial charge on any atom is -0.490 e. The van der Waals surface area contributed by atoms with E-state index in [1.807, 2.05) is 13.8 Å². The molecule has 3 aromatic carbocycles. The Morgan fingerprint density at radius 3 is 2.36 bits per heavy atom. The summed E-state index contributed by atoms with van der Waals surface area (Å²) >= 11 is 0. The van der Waals surface area contributed by atoms with Gasteiger partial charge in [0, 0.05) is 24.2 Å². The number of rotatable bonds is 5. The number of halogens is 3.